The number of hydrogen-bond donors (Lipinski definition) is 2. The normalized spacial score (nSPS) is 33.2. The summed E-state index contributed by atoms with van der Waals surface area (Å²) in [6.07, 6.45) is 18.2. The molecule has 0 aromatic rings. The molecule has 0 unspecified atom stereocenters. The van der Waals surface area contributed by atoms with Crippen LogP contribution in [0.2, 0.25) is 0 Å². The predicted octanol–water partition coefficient (Wildman–Crippen LogP) is 6.57. The van der Waals surface area contributed by atoms with Crippen LogP contribution in [-0.4, -0.2) is 67.7 Å². The molecule has 0 bridgehead atoms. The van der Waals surface area contributed by atoms with Gasteiger partial charge >= 0.3 is 6.09 Å². The molecule has 0 radical (unpaired) electrons. The lowest BCUT2D eigenvalue weighted by Gasteiger charge is -2.58. The Balaban J connectivity index is 0.991. The number of alkyl carbamates (subject to hydrolysis) is 1. The van der Waals surface area contributed by atoms with Crippen LogP contribution in [0.15, 0.2) is 23.8 Å². The number of allylic oxidation sites excluding steroid dienone is 1. The van der Waals surface area contributed by atoms with Crippen molar-refractivity contribution in [2.75, 3.05) is 32.8 Å². The largest absolute Gasteiger partial charge is 0.446 e. The van der Waals surface area contributed by atoms with Crippen molar-refractivity contribution in [3.8, 4) is 0 Å². The molecule has 3 fully saturated rings. The lowest BCUT2D eigenvalue weighted by atomic mass is 9.47. The molecule has 0 aromatic carbocycles. The Morgan fingerprint density at radius 1 is 0.938 bits per heavy atom. The lowest BCUT2D eigenvalue weighted by molar-refractivity contribution is -0.137. The Hall–Kier alpha value is -2.68. The molecule has 0 aromatic heterocycles. The maximum atomic E-state index is 12.6. The second-order valence-electron chi connectivity index (χ2n) is 16.4. The van der Waals surface area contributed by atoms with Crippen LogP contribution in [0.5, 0.6) is 0 Å². The van der Waals surface area contributed by atoms with E-state index in [0.29, 0.717) is 31.7 Å². The van der Waals surface area contributed by atoms with Gasteiger partial charge in [-0.25, -0.2) is 4.79 Å². The first-order valence-corrected chi connectivity index (χ1v) is 18.9. The van der Waals surface area contributed by atoms with Gasteiger partial charge in [-0.1, -0.05) is 65.5 Å². The topological polar surface area (TPSA) is 114 Å². The molecule has 268 valence electrons. The van der Waals surface area contributed by atoms with Crippen molar-refractivity contribution in [3.05, 3.63) is 23.8 Å². The molecule has 5 aliphatic rings. The van der Waals surface area contributed by atoms with E-state index < -0.39 is 17.9 Å². The van der Waals surface area contributed by atoms with Gasteiger partial charge in [0.25, 0.3) is 11.8 Å². The molecule has 4 aliphatic carbocycles. The zero-order valence-electron chi connectivity index (χ0n) is 30.2. The van der Waals surface area contributed by atoms with E-state index in [1.165, 1.54) is 69.1 Å². The summed E-state index contributed by atoms with van der Waals surface area (Å²) in [6, 6.07) is 0. The molecule has 2 N–H and O–H groups in total. The number of nitrogens with zero attached hydrogens (tertiary/aromatic N) is 1. The van der Waals surface area contributed by atoms with Gasteiger partial charge < -0.3 is 20.1 Å². The fourth-order valence-electron chi connectivity index (χ4n) is 10.5. The van der Waals surface area contributed by atoms with Crippen LogP contribution in [0.25, 0.3) is 0 Å². The van der Waals surface area contributed by atoms with Crippen molar-refractivity contribution >= 4 is 23.8 Å². The zero-order valence-corrected chi connectivity index (χ0v) is 30.2. The highest BCUT2D eigenvalue weighted by atomic mass is 16.6. The number of hydrogen-bond acceptors (Lipinski definition) is 6. The van der Waals surface area contributed by atoms with Crippen LogP contribution >= 0.6 is 0 Å². The third kappa shape index (κ3) is 8.19. The minimum atomic E-state index is -0.400. The van der Waals surface area contributed by atoms with E-state index in [1.54, 1.807) is 0 Å². The number of carbonyl (C=O) groups is 4. The smallest absolute Gasteiger partial charge is 0.407 e. The molecule has 48 heavy (non-hydrogen) atoms. The Labute approximate surface area is 288 Å². The Bertz CT molecular complexity index is 1230. The monoisotopic (exact) mass is 667 g/mol. The van der Waals surface area contributed by atoms with Crippen molar-refractivity contribution in [1.29, 1.82) is 0 Å². The summed E-state index contributed by atoms with van der Waals surface area (Å²) in [7, 11) is 0. The zero-order chi connectivity index (χ0) is 34.5. The number of fused-ring (bicyclic) bond motifs is 5. The standard InChI is InChI=1S/C39H61N3O6/c1-26(2)7-6-8-27(3)31-11-12-32-30-10-9-28-25-29(15-18-38(28,4)33(30)16-19-39(31,32)5)48-37(46)41-21-24-47-23-20-40-34(43)17-22-42-35(44)13-14-36(42)45/h9,13-14,26-27,29-33H,6-8,10-12,15-25H2,1-5H3,(H,40,43)(H,41,46)/t27-,29+,30+,31-,32+,33+,38+,39-/m1/s1. The molecule has 4 amide bonds. The van der Waals surface area contributed by atoms with Gasteiger partial charge in [-0.3, -0.25) is 19.3 Å². The summed E-state index contributed by atoms with van der Waals surface area (Å²) < 4.78 is 11.4. The van der Waals surface area contributed by atoms with Gasteiger partial charge in [0, 0.05) is 44.6 Å². The molecule has 9 heteroatoms. The number of carbonyl (C=O) groups excluding carboxylic acids is 4. The van der Waals surface area contributed by atoms with Crippen molar-refractivity contribution < 1.29 is 28.7 Å². The van der Waals surface area contributed by atoms with Crippen LogP contribution in [-0.2, 0) is 23.9 Å². The van der Waals surface area contributed by atoms with Gasteiger partial charge in [0.1, 0.15) is 6.10 Å². The summed E-state index contributed by atoms with van der Waals surface area (Å²) in [4.78, 5) is 48.7. The second-order valence-corrected chi connectivity index (χ2v) is 16.4. The van der Waals surface area contributed by atoms with E-state index in [0.717, 1.165) is 59.7 Å². The van der Waals surface area contributed by atoms with Crippen molar-refractivity contribution in [3.63, 3.8) is 0 Å². The summed E-state index contributed by atoms with van der Waals surface area (Å²) in [6.45, 7) is 13.7. The van der Waals surface area contributed by atoms with Gasteiger partial charge in [-0.15, -0.1) is 0 Å². The number of rotatable bonds is 15. The number of amides is 4. The lowest BCUT2D eigenvalue weighted by Crippen LogP contribution is -2.51. The molecule has 0 spiro atoms. The minimum Gasteiger partial charge on any atom is -0.446 e. The predicted molar refractivity (Wildman–Crippen MR) is 186 cm³/mol. The highest BCUT2D eigenvalue weighted by molar-refractivity contribution is 6.13. The molecule has 3 saturated carbocycles. The summed E-state index contributed by atoms with van der Waals surface area (Å²) in [5.74, 6) is 3.85. The molecule has 1 aliphatic heterocycles. The molecular weight excluding hydrogens is 606 g/mol. The van der Waals surface area contributed by atoms with Gasteiger partial charge in [0.15, 0.2) is 0 Å². The van der Waals surface area contributed by atoms with Crippen molar-refractivity contribution in [2.24, 2.45) is 46.3 Å². The maximum absolute atomic E-state index is 12.6. The average Bonchev–Trinajstić information content (AvgIpc) is 3.56. The molecule has 8 atom stereocenters. The van der Waals surface area contributed by atoms with Gasteiger partial charge in [-0.05, 0) is 91.3 Å². The Morgan fingerprint density at radius 3 is 2.40 bits per heavy atom. The number of nitrogens with one attached hydrogen (secondary N) is 2. The first-order valence-electron chi connectivity index (χ1n) is 18.9. The third-order valence-electron chi connectivity index (χ3n) is 13.1. The second kappa shape index (κ2) is 15.9. The molecular formula is C39H61N3O6. The third-order valence-corrected chi connectivity index (χ3v) is 13.1. The Kier molecular flexibility index (Phi) is 12.1. The summed E-state index contributed by atoms with van der Waals surface area (Å²) >= 11 is 0. The van der Waals surface area contributed by atoms with E-state index >= 15 is 0 Å². The van der Waals surface area contributed by atoms with E-state index in [-0.39, 0.29) is 30.4 Å². The van der Waals surface area contributed by atoms with Gasteiger partial charge in [0.05, 0.1) is 13.2 Å². The molecule has 0 saturated heterocycles. The minimum absolute atomic E-state index is 0.0451. The Morgan fingerprint density at radius 2 is 1.67 bits per heavy atom. The first kappa shape index (κ1) is 36.6. The fraction of sp³-hybridized carbons (Fsp3) is 0.795. The van der Waals surface area contributed by atoms with Crippen LogP contribution < -0.4 is 10.6 Å². The quantitative estimate of drug-likeness (QED) is 0.116. The first-order chi connectivity index (χ1) is 22.9. The molecule has 9 nitrogen and oxygen atoms in total. The molecule has 1 heterocycles. The summed E-state index contributed by atoms with van der Waals surface area (Å²) in [5, 5.41) is 5.52. The molecule has 5 rings (SSSR count). The van der Waals surface area contributed by atoms with E-state index in [9.17, 15) is 19.2 Å². The number of imide groups is 1. The van der Waals surface area contributed by atoms with E-state index in [1.807, 2.05) is 0 Å². The van der Waals surface area contributed by atoms with Crippen LogP contribution in [0.1, 0.15) is 112 Å². The van der Waals surface area contributed by atoms with Crippen LogP contribution in [0.4, 0.5) is 4.79 Å². The summed E-state index contributed by atoms with van der Waals surface area (Å²) in [5.41, 5.74) is 2.24. The maximum Gasteiger partial charge on any atom is 0.407 e. The van der Waals surface area contributed by atoms with Crippen LogP contribution in [0, 0.1) is 46.3 Å². The van der Waals surface area contributed by atoms with Crippen molar-refractivity contribution in [2.45, 2.75) is 118 Å². The van der Waals surface area contributed by atoms with E-state index in [2.05, 4.69) is 51.3 Å². The number of ether oxygens (including phenoxy) is 2. The van der Waals surface area contributed by atoms with Gasteiger partial charge in [0.2, 0.25) is 5.91 Å². The SMILES string of the molecule is CC(C)CCC[C@@H](C)[C@H]1CC[C@H]2[C@@H]3CC=C4C[C@@H](OC(=O)NCCOCCNC(=O)CCN5C(=O)C=CC5=O)CC[C@]4(C)[C@H]3CC[C@]12C. The highest BCUT2D eigenvalue weighted by Gasteiger charge is 2.59. The van der Waals surface area contributed by atoms with Gasteiger partial charge in [-0.2, -0.15) is 0 Å². The van der Waals surface area contributed by atoms with Crippen molar-refractivity contribution in [1.82, 2.24) is 15.5 Å². The highest BCUT2D eigenvalue weighted by Crippen LogP contribution is 2.67. The van der Waals surface area contributed by atoms with E-state index in [4.69, 9.17) is 9.47 Å². The fourth-order valence-corrected chi connectivity index (χ4v) is 10.5. The van der Waals surface area contributed by atoms with Crippen LogP contribution in [0.3, 0.4) is 0 Å². The average molecular weight is 668 g/mol.